The van der Waals surface area contributed by atoms with Crippen molar-refractivity contribution in [3.63, 3.8) is 0 Å². The smallest absolute Gasteiger partial charge is 0.251 e. The zero-order valence-electron chi connectivity index (χ0n) is 12.6. The number of aromatic nitrogens is 2. The van der Waals surface area contributed by atoms with Crippen LogP contribution in [-0.4, -0.2) is 28.3 Å². The Balaban J connectivity index is 2.08. The molecular formula is C15H25N3OS. The van der Waals surface area contributed by atoms with Crippen LogP contribution in [0, 0.1) is 12.8 Å². The van der Waals surface area contributed by atoms with Crippen molar-refractivity contribution in [2.24, 2.45) is 5.92 Å². The predicted molar refractivity (Wildman–Crippen MR) is 84.3 cm³/mol. The van der Waals surface area contributed by atoms with Gasteiger partial charge in [-0.25, -0.2) is 4.98 Å². The van der Waals surface area contributed by atoms with Crippen LogP contribution in [0.1, 0.15) is 44.7 Å². The van der Waals surface area contributed by atoms with Gasteiger partial charge in [-0.05, 0) is 39.2 Å². The topological polar surface area (TPSA) is 57.8 Å². The lowest BCUT2D eigenvalue weighted by Gasteiger charge is -2.35. The minimum absolute atomic E-state index is 0.0538. The van der Waals surface area contributed by atoms with E-state index < -0.39 is 0 Å². The first-order chi connectivity index (χ1) is 9.62. The van der Waals surface area contributed by atoms with Crippen molar-refractivity contribution in [2.75, 3.05) is 7.05 Å². The number of nitrogens with one attached hydrogen (secondary N) is 2. The summed E-state index contributed by atoms with van der Waals surface area (Å²) in [5, 5.41) is 4.68. The Morgan fingerprint density at radius 3 is 2.95 bits per heavy atom. The molecular weight excluding hydrogens is 270 g/mol. The fourth-order valence-corrected chi connectivity index (χ4v) is 4.54. The molecule has 0 saturated heterocycles. The molecule has 1 aliphatic carbocycles. The van der Waals surface area contributed by atoms with Gasteiger partial charge in [0.1, 0.15) is 0 Å². The summed E-state index contributed by atoms with van der Waals surface area (Å²) in [5.41, 5.74) is 0.736. The van der Waals surface area contributed by atoms with Gasteiger partial charge < -0.3 is 10.3 Å². The maximum Gasteiger partial charge on any atom is 0.251 e. The van der Waals surface area contributed by atoms with Gasteiger partial charge >= 0.3 is 0 Å². The van der Waals surface area contributed by atoms with Crippen LogP contribution >= 0.6 is 11.8 Å². The van der Waals surface area contributed by atoms with Crippen LogP contribution in [0.5, 0.6) is 0 Å². The highest BCUT2D eigenvalue weighted by molar-refractivity contribution is 7.99. The Kier molecular flexibility index (Phi) is 5.66. The highest BCUT2D eigenvalue weighted by Gasteiger charge is 2.30. The summed E-state index contributed by atoms with van der Waals surface area (Å²) in [4.78, 5) is 18.8. The Bertz CT molecular complexity index is 488. The van der Waals surface area contributed by atoms with Crippen molar-refractivity contribution >= 4 is 11.8 Å². The molecule has 20 heavy (non-hydrogen) atoms. The van der Waals surface area contributed by atoms with Crippen molar-refractivity contribution in [1.82, 2.24) is 15.3 Å². The third-order valence-corrected chi connectivity index (χ3v) is 5.32. The van der Waals surface area contributed by atoms with E-state index in [1.807, 2.05) is 14.0 Å². The summed E-state index contributed by atoms with van der Waals surface area (Å²) in [6.07, 6.45) is 6.31. The first-order valence-corrected chi connectivity index (χ1v) is 8.42. The molecule has 0 aromatic carbocycles. The summed E-state index contributed by atoms with van der Waals surface area (Å²) >= 11 is 1.73. The molecule has 3 unspecified atom stereocenters. The summed E-state index contributed by atoms with van der Waals surface area (Å²) in [6, 6.07) is 2.05. The molecule has 2 rings (SSSR count). The minimum Gasteiger partial charge on any atom is -0.316 e. The number of hydrogen-bond acceptors (Lipinski definition) is 4. The van der Waals surface area contributed by atoms with Crippen molar-refractivity contribution in [1.29, 1.82) is 0 Å². The van der Waals surface area contributed by atoms with Gasteiger partial charge in [0.25, 0.3) is 5.56 Å². The van der Waals surface area contributed by atoms with Crippen LogP contribution in [0.2, 0.25) is 0 Å². The third-order valence-electron chi connectivity index (χ3n) is 4.08. The van der Waals surface area contributed by atoms with E-state index in [0.29, 0.717) is 11.3 Å². The first kappa shape index (κ1) is 15.6. The SMILES string of the molecule is CCCC1CCC(NC)C(Sc2nc(C)cc(=O)[nH]2)C1. The van der Waals surface area contributed by atoms with Crippen molar-refractivity contribution in [2.45, 2.75) is 62.4 Å². The standard InChI is InChI=1S/C15H25N3OS/c1-4-5-11-6-7-12(16-3)13(9-11)20-15-17-10(2)8-14(19)18-15/h8,11-13,16H,4-7,9H2,1-3H3,(H,17,18,19). The highest BCUT2D eigenvalue weighted by Crippen LogP contribution is 2.36. The number of hydrogen-bond donors (Lipinski definition) is 2. The Labute approximate surface area is 125 Å². The van der Waals surface area contributed by atoms with Gasteiger partial charge in [-0.1, -0.05) is 31.5 Å². The highest BCUT2D eigenvalue weighted by atomic mass is 32.2. The number of H-pyrrole nitrogens is 1. The van der Waals surface area contributed by atoms with Gasteiger partial charge in [0.2, 0.25) is 0 Å². The van der Waals surface area contributed by atoms with E-state index >= 15 is 0 Å². The van der Waals surface area contributed by atoms with Crippen LogP contribution in [-0.2, 0) is 0 Å². The van der Waals surface area contributed by atoms with Crippen LogP contribution in [0.15, 0.2) is 16.0 Å². The quantitative estimate of drug-likeness (QED) is 0.820. The van der Waals surface area contributed by atoms with E-state index in [1.165, 1.54) is 32.1 Å². The maximum atomic E-state index is 11.5. The lowest BCUT2D eigenvalue weighted by atomic mass is 9.83. The predicted octanol–water partition coefficient (Wildman–Crippen LogP) is 2.73. The molecule has 0 bridgehead atoms. The van der Waals surface area contributed by atoms with Gasteiger partial charge in [-0.15, -0.1) is 0 Å². The molecule has 1 saturated carbocycles. The average Bonchev–Trinajstić information content (AvgIpc) is 2.38. The molecule has 3 atom stereocenters. The second-order valence-corrected chi connectivity index (χ2v) is 6.94. The molecule has 112 valence electrons. The van der Waals surface area contributed by atoms with E-state index in [9.17, 15) is 4.79 Å². The summed E-state index contributed by atoms with van der Waals surface area (Å²) in [7, 11) is 2.03. The lowest BCUT2D eigenvalue weighted by Crippen LogP contribution is -2.40. The third kappa shape index (κ3) is 4.09. The van der Waals surface area contributed by atoms with Crippen molar-refractivity contribution in [3.05, 3.63) is 22.1 Å². The van der Waals surface area contributed by atoms with Gasteiger partial charge in [0, 0.05) is 23.1 Å². The van der Waals surface area contributed by atoms with Gasteiger partial charge in [0.15, 0.2) is 5.16 Å². The molecule has 0 aliphatic heterocycles. The van der Waals surface area contributed by atoms with Crippen LogP contribution in [0.3, 0.4) is 0 Å². The molecule has 0 amide bonds. The second-order valence-electron chi connectivity index (χ2n) is 5.71. The monoisotopic (exact) mass is 295 g/mol. The van der Waals surface area contributed by atoms with E-state index in [0.717, 1.165) is 16.8 Å². The molecule has 0 radical (unpaired) electrons. The fraction of sp³-hybridized carbons (Fsp3) is 0.733. The Morgan fingerprint density at radius 2 is 2.30 bits per heavy atom. The zero-order chi connectivity index (χ0) is 14.5. The molecule has 2 N–H and O–H groups in total. The van der Waals surface area contributed by atoms with Gasteiger partial charge in [0.05, 0.1) is 0 Å². The molecule has 1 heterocycles. The Hall–Kier alpha value is -0.810. The normalized spacial score (nSPS) is 26.6. The zero-order valence-corrected chi connectivity index (χ0v) is 13.4. The maximum absolute atomic E-state index is 11.5. The lowest BCUT2D eigenvalue weighted by molar-refractivity contribution is 0.295. The number of aromatic amines is 1. The van der Waals surface area contributed by atoms with Gasteiger partial charge in [-0.3, -0.25) is 4.79 Å². The number of aryl methyl sites for hydroxylation is 1. The number of thioether (sulfide) groups is 1. The van der Waals surface area contributed by atoms with Crippen LogP contribution in [0.25, 0.3) is 0 Å². The fourth-order valence-electron chi connectivity index (χ4n) is 3.09. The molecule has 4 nitrogen and oxygen atoms in total. The summed E-state index contributed by atoms with van der Waals surface area (Å²) < 4.78 is 0. The minimum atomic E-state index is -0.0538. The van der Waals surface area contributed by atoms with E-state index in [2.05, 4.69) is 22.2 Å². The molecule has 1 aromatic heterocycles. The number of nitrogens with zero attached hydrogens (tertiary/aromatic N) is 1. The molecule has 1 fully saturated rings. The Morgan fingerprint density at radius 1 is 1.50 bits per heavy atom. The average molecular weight is 295 g/mol. The summed E-state index contributed by atoms with van der Waals surface area (Å²) in [6.45, 7) is 4.13. The second kappa shape index (κ2) is 7.27. The number of rotatable bonds is 5. The van der Waals surface area contributed by atoms with E-state index in [-0.39, 0.29) is 5.56 Å². The first-order valence-electron chi connectivity index (χ1n) is 7.54. The van der Waals surface area contributed by atoms with Crippen molar-refractivity contribution < 1.29 is 0 Å². The molecule has 1 aliphatic rings. The molecule has 0 spiro atoms. The van der Waals surface area contributed by atoms with Gasteiger partial charge in [-0.2, -0.15) is 0 Å². The van der Waals surface area contributed by atoms with Crippen molar-refractivity contribution in [3.8, 4) is 0 Å². The van der Waals surface area contributed by atoms with E-state index in [4.69, 9.17) is 0 Å². The molecule has 1 aromatic rings. The summed E-state index contributed by atoms with van der Waals surface area (Å²) in [5.74, 6) is 0.818. The molecule has 5 heteroatoms. The largest absolute Gasteiger partial charge is 0.316 e. The van der Waals surface area contributed by atoms with Crippen LogP contribution < -0.4 is 10.9 Å². The van der Waals surface area contributed by atoms with E-state index in [1.54, 1.807) is 17.8 Å². The van der Waals surface area contributed by atoms with Crippen LogP contribution in [0.4, 0.5) is 0 Å².